The largest absolute Gasteiger partial charge is 0.350 e. The smallest absolute Gasteiger partial charge is 0.247 e. The van der Waals surface area contributed by atoms with Gasteiger partial charge in [-0.15, -0.1) is 0 Å². The number of sulfonamides is 1. The predicted octanol–water partition coefficient (Wildman–Crippen LogP) is 1.02. The van der Waals surface area contributed by atoms with Gasteiger partial charge in [-0.3, -0.25) is 0 Å². The van der Waals surface area contributed by atoms with Gasteiger partial charge in [0.15, 0.2) is 0 Å². The van der Waals surface area contributed by atoms with Crippen LogP contribution >= 0.6 is 0 Å². The normalized spacial score (nSPS) is 29.8. The van der Waals surface area contributed by atoms with Crippen LogP contribution in [-0.4, -0.2) is 26.4 Å². The first-order valence-electron chi connectivity index (χ1n) is 3.85. The summed E-state index contributed by atoms with van der Waals surface area (Å²) in [6.45, 7) is 0. The average molecular weight is 217 g/mol. The topological polar surface area (TPSA) is 46.2 Å². The SMILES string of the molecule is O=S(=O)(NC1CCC(F)C1)C(F)F. The molecular formula is C6H10F3NO2S. The minimum Gasteiger partial charge on any atom is -0.247 e. The van der Waals surface area contributed by atoms with Crippen LogP contribution < -0.4 is 4.72 Å². The van der Waals surface area contributed by atoms with Crippen molar-refractivity contribution in [2.45, 2.75) is 37.2 Å². The Morgan fingerprint density at radius 2 is 1.92 bits per heavy atom. The van der Waals surface area contributed by atoms with E-state index < -0.39 is 28.0 Å². The Labute approximate surface area is 74.4 Å². The van der Waals surface area contributed by atoms with Gasteiger partial charge >= 0.3 is 5.76 Å². The van der Waals surface area contributed by atoms with Crippen molar-refractivity contribution >= 4 is 10.0 Å². The molecule has 0 radical (unpaired) electrons. The molecule has 0 aliphatic heterocycles. The van der Waals surface area contributed by atoms with E-state index >= 15 is 0 Å². The molecule has 78 valence electrons. The average Bonchev–Trinajstić information content (AvgIpc) is 2.34. The summed E-state index contributed by atoms with van der Waals surface area (Å²) in [5.74, 6) is -3.44. The van der Waals surface area contributed by atoms with Crippen LogP contribution in [0.1, 0.15) is 19.3 Å². The molecule has 1 rings (SSSR count). The van der Waals surface area contributed by atoms with Gasteiger partial charge in [-0.05, 0) is 19.3 Å². The first-order chi connectivity index (χ1) is 5.92. The molecule has 1 N–H and O–H groups in total. The molecule has 1 saturated carbocycles. The summed E-state index contributed by atoms with van der Waals surface area (Å²) in [7, 11) is -4.56. The Kier molecular flexibility index (Phi) is 3.18. The van der Waals surface area contributed by atoms with Crippen molar-refractivity contribution in [2.75, 3.05) is 0 Å². The lowest BCUT2D eigenvalue weighted by Gasteiger charge is -2.11. The van der Waals surface area contributed by atoms with Crippen molar-refractivity contribution in [3.8, 4) is 0 Å². The fourth-order valence-electron chi connectivity index (χ4n) is 1.32. The third-order valence-electron chi connectivity index (χ3n) is 1.93. The second-order valence-corrected chi connectivity index (χ2v) is 4.71. The van der Waals surface area contributed by atoms with Crippen molar-refractivity contribution in [3.63, 3.8) is 0 Å². The molecule has 7 heteroatoms. The Bertz CT molecular complexity index is 267. The third kappa shape index (κ3) is 2.84. The van der Waals surface area contributed by atoms with Crippen LogP contribution in [0.5, 0.6) is 0 Å². The summed E-state index contributed by atoms with van der Waals surface area (Å²) in [4.78, 5) is 0. The van der Waals surface area contributed by atoms with Crippen LogP contribution in [0.3, 0.4) is 0 Å². The van der Waals surface area contributed by atoms with Crippen LogP contribution in [-0.2, 0) is 10.0 Å². The molecule has 0 spiro atoms. The lowest BCUT2D eigenvalue weighted by molar-refractivity contribution is 0.231. The monoisotopic (exact) mass is 217 g/mol. The predicted molar refractivity (Wildman–Crippen MR) is 40.6 cm³/mol. The molecule has 1 aliphatic rings. The number of hydrogen-bond acceptors (Lipinski definition) is 2. The summed E-state index contributed by atoms with van der Waals surface area (Å²) in [6, 6.07) is -0.672. The molecule has 3 nitrogen and oxygen atoms in total. The van der Waals surface area contributed by atoms with Gasteiger partial charge in [-0.25, -0.2) is 17.5 Å². The molecule has 2 atom stereocenters. The zero-order valence-corrected chi connectivity index (χ0v) is 7.53. The van der Waals surface area contributed by atoms with E-state index in [0.29, 0.717) is 0 Å². The highest BCUT2D eigenvalue weighted by Gasteiger charge is 2.31. The molecule has 0 saturated heterocycles. The molecule has 0 aromatic rings. The van der Waals surface area contributed by atoms with Crippen molar-refractivity contribution in [1.29, 1.82) is 0 Å². The summed E-state index contributed by atoms with van der Waals surface area (Å²) >= 11 is 0. The van der Waals surface area contributed by atoms with Gasteiger partial charge in [0.2, 0.25) is 0 Å². The standard InChI is InChI=1S/C6H10F3NO2S/c7-4-1-2-5(3-4)10-13(11,12)6(8)9/h4-6,10H,1-3H2. The minimum absolute atomic E-state index is 0.00799. The molecule has 0 heterocycles. The van der Waals surface area contributed by atoms with E-state index in [9.17, 15) is 21.6 Å². The van der Waals surface area contributed by atoms with E-state index in [1.54, 1.807) is 4.72 Å². The molecule has 0 aromatic carbocycles. The first kappa shape index (κ1) is 10.8. The van der Waals surface area contributed by atoms with Crippen molar-refractivity contribution in [3.05, 3.63) is 0 Å². The zero-order valence-electron chi connectivity index (χ0n) is 6.71. The van der Waals surface area contributed by atoms with Crippen LogP contribution in [0.25, 0.3) is 0 Å². The lowest BCUT2D eigenvalue weighted by Crippen LogP contribution is -2.36. The summed E-state index contributed by atoms with van der Waals surface area (Å²) < 4.78 is 59.2. The molecule has 1 fully saturated rings. The number of halogens is 3. The second kappa shape index (κ2) is 3.83. The van der Waals surface area contributed by atoms with E-state index in [-0.39, 0.29) is 19.3 Å². The highest BCUT2D eigenvalue weighted by molar-refractivity contribution is 7.89. The Balaban J connectivity index is 2.50. The summed E-state index contributed by atoms with van der Waals surface area (Å²) in [6.07, 6.45) is -0.569. The van der Waals surface area contributed by atoms with Crippen molar-refractivity contribution in [1.82, 2.24) is 4.72 Å². The van der Waals surface area contributed by atoms with E-state index in [2.05, 4.69) is 0 Å². The number of alkyl halides is 3. The Morgan fingerprint density at radius 1 is 1.31 bits per heavy atom. The van der Waals surface area contributed by atoms with Crippen molar-refractivity contribution in [2.24, 2.45) is 0 Å². The van der Waals surface area contributed by atoms with Gasteiger partial charge < -0.3 is 0 Å². The van der Waals surface area contributed by atoms with Crippen LogP contribution in [0.15, 0.2) is 0 Å². The minimum atomic E-state index is -4.56. The van der Waals surface area contributed by atoms with E-state index in [0.717, 1.165) is 0 Å². The highest BCUT2D eigenvalue weighted by Crippen LogP contribution is 2.23. The highest BCUT2D eigenvalue weighted by atomic mass is 32.2. The van der Waals surface area contributed by atoms with Crippen LogP contribution in [0.2, 0.25) is 0 Å². The fraction of sp³-hybridized carbons (Fsp3) is 1.00. The summed E-state index contributed by atoms with van der Waals surface area (Å²) in [5.41, 5.74) is 0. The lowest BCUT2D eigenvalue weighted by atomic mass is 10.3. The summed E-state index contributed by atoms with van der Waals surface area (Å²) in [5, 5.41) is 0. The van der Waals surface area contributed by atoms with Gasteiger partial charge in [-0.2, -0.15) is 8.78 Å². The number of rotatable bonds is 3. The maximum atomic E-state index is 12.5. The number of nitrogens with one attached hydrogen (secondary N) is 1. The van der Waals surface area contributed by atoms with E-state index in [1.807, 2.05) is 0 Å². The van der Waals surface area contributed by atoms with Crippen LogP contribution in [0, 0.1) is 0 Å². The molecule has 13 heavy (non-hydrogen) atoms. The Hall–Kier alpha value is -0.300. The molecule has 1 aliphatic carbocycles. The number of hydrogen-bond donors (Lipinski definition) is 1. The van der Waals surface area contributed by atoms with Gasteiger partial charge in [0, 0.05) is 6.04 Å². The van der Waals surface area contributed by atoms with Gasteiger partial charge in [0.05, 0.1) is 0 Å². The molecule has 0 bridgehead atoms. The molecular weight excluding hydrogens is 207 g/mol. The maximum absolute atomic E-state index is 12.5. The van der Waals surface area contributed by atoms with E-state index in [1.165, 1.54) is 0 Å². The molecule has 2 unspecified atom stereocenters. The quantitative estimate of drug-likeness (QED) is 0.767. The van der Waals surface area contributed by atoms with Crippen LogP contribution in [0.4, 0.5) is 13.2 Å². The van der Waals surface area contributed by atoms with Gasteiger partial charge in [0.25, 0.3) is 10.0 Å². The van der Waals surface area contributed by atoms with E-state index in [4.69, 9.17) is 0 Å². The Morgan fingerprint density at radius 3 is 2.31 bits per heavy atom. The zero-order chi connectivity index (χ0) is 10.1. The molecule has 0 amide bonds. The first-order valence-corrected chi connectivity index (χ1v) is 5.40. The second-order valence-electron chi connectivity index (χ2n) is 3.03. The van der Waals surface area contributed by atoms with Gasteiger partial charge in [-0.1, -0.05) is 0 Å². The molecule has 0 aromatic heterocycles. The third-order valence-corrected chi connectivity index (χ3v) is 3.07. The fourth-order valence-corrected chi connectivity index (χ4v) is 2.10. The van der Waals surface area contributed by atoms with Crippen molar-refractivity contribution < 1.29 is 21.6 Å². The van der Waals surface area contributed by atoms with Gasteiger partial charge in [0.1, 0.15) is 6.17 Å². The maximum Gasteiger partial charge on any atom is 0.350 e.